The summed E-state index contributed by atoms with van der Waals surface area (Å²) in [6.45, 7) is 0.977. The van der Waals surface area contributed by atoms with E-state index in [9.17, 15) is 8.42 Å². The van der Waals surface area contributed by atoms with Crippen LogP contribution in [-0.4, -0.2) is 58.8 Å². The first-order valence-corrected chi connectivity index (χ1v) is 19.1. The maximum Gasteiger partial charge on any atom is 0.304 e. The number of benzene rings is 5. The molecule has 276 valence electrons. The topological polar surface area (TPSA) is 105 Å². The van der Waals surface area contributed by atoms with Gasteiger partial charge in [-0.3, -0.25) is 4.31 Å². The summed E-state index contributed by atoms with van der Waals surface area (Å²) in [6.07, 6.45) is -3.25. The summed E-state index contributed by atoms with van der Waals surface area (Å²) in [7, 11) is -2.57. The van der Waals surface area contributed by atoms with Crippen molar-refractivity contribution in [2.24, 2.45) is 0 Å². The van der Waals surface area contributed by atoms with Gasteiger partial charge in [-0.1, -0.05) is 121 Å². The predicted octanol–water partition coefficient (Wildman–Crippen LogP) is 6.42. The molecule has 1 N–H and O–H groups in total. The minimum Gasteiger partial charge on any atom is -0.497 e. The average molecular weight is 737 g/mol. The van der Waals surface area contributed by atoms with Gasteiger partial charge in [0.15, 0.2) is 5.72 Å². The molecule has 5 aromatic carbocycles. The zero-order valence-electron chi connectivity index (χ0n) is 29.5. The molecule has 0 bridgehead atoms. The molecule has 11 heteroatoms. The van der Waals surface area contributed by atoms with Crippen LogP contribution in [0.5, 0.6) is 5.75 Å². The molecule has 0 unspecified atom stereocenters. The largest absolute Gasteiger partial charge is 0.497 e. The van der Waals surface area contributed by atoms with Crippen molar-refractivity contribution in [1.29, 1.82) is 0 Å². The monoisotopic (exact) mass is 736 g/mol. The molecule has 0 radical (unpaired) electrons. The van der Waals surface area contributed by atoms with Crippen LogP contribution in [0.4, 0.5) is 5.69 Å². The fourth-order valence-electron chi connectivity index (χ4n) is 6.75. The predicted molar refractivity (Wildman–Crippen MR) is 201 cm³/mol. The highest BCUT2D eigenvalue weighted by Crippen LogP contribution is 2.41. The van der Waals surface area contributed by atoms with Crippen molar-refractivity contribution in [3.63, 3.8) is 0 Å². The molecule has 2 fully saturated rings. The summed E-state index contributed by atoms with van der Waals surface area (Å²) in [6, 6.07) is 46.1. The Morgan fingerprint density at radius 1 is 0.642 bits per heavy atom. The summed E-state index contributed by atoms with van der Waals surface area (Å²) in [4.78, 5) is 0. The number of hydrogen-bond acceptors (Lipinski definition) is 8. The molecule has 10 nitrogen and oxygen atoms in total. The van der Waals surface area contributed by atoms with E-state index >= 15 is 0 Å². The summed E-state index contributed by atoms with van der Waals surface area (Å²) in [5.41, 5.74) is 2.66. The highest BCUT2D eigenvalue weighted by atomic mass is 32.2. The van der Waals surface area contributed by atoms with E-state index in [1.54, 1.807) is 31.4 Å². The Labute approximate surface area is 311 Å². The van der Waals surface area contributed by atoms with E-state index in [0.717, 1.165) is 22.3 Å². The van der Waals surface area contributed by atoms with Crippen LogP contribution in [0.2, 0.25) is 0 Å². The lowest BCUT2D eigenvalue weighted by Gasteiger charge is -2.50. The highest BCUT2D eigenvalue weighted by molar-refractivity contribution is 7.91. The quantitative estimate of drug-likeness (QED) is 0.132. The fraction of sp³-hybridized carbons (Fsp3) is 0.286. The average Bonchev–Trinajstić information content (AvgIpc) is 3.47. The minimum atomic E-state index is -4.13. The van der Waals surface area contributed by atoms with E-state index in [-0.39, 0.29) is 33.0 Å². The van der Waals surface area contributed by atoms with Crippen LogP contribution in [0.1, 0.15) is 22.3 Å². The molecular formula is C42H44N2O8S. The molecule has 5 atom stereocenters. The Kier molecular flexibility index (Phi) is 11.8. The smallest absolute Gasteiger partial charge is 0.304 e. The Balaban J connectivity index is 1.28. The van der Waals surface area contributed by atoms with Crippen molar-refractivity contribution in [2.75, 3.05) is 24.6 Å². The molecule has 2 aliphatic heterocycles. The van der Waals surface area contributed by atoms with E-state index in [0.29, 0.717) is 18.0 Å². The molecule has 2 saturated heterocycles. The van der Waals surface area contributed by atoms with Crippen LogP contribution < -0.4 is 13.8 Å². The van der Waals surface area contributed by atoms with Crippen LogP contribution >= 0.6 is 0 Å². The number of anilines is 1. The van der Waals surface area contributed by atoms with Crippen LogP contribution in [0.25, 0.3) is 0 Å². The molecule has 0 amide bonds. The maximum absolute atomic E-state index is 14.1. The molecule has 0 aliphatic carbocycles. The highest BCUT2D eigenvalue weighted by Gasteiger charge is 2.63. The standard InChI is InChI=1S/C42H44N2O8S/c1-47-37-24-22-36(23-25-37)44-31-42(43-53(44,45)46)41(51-29-35-20-12-5-13-21-35)40(50-28-34-18-10-4-11-19-34)39(49-27-33-16-8-3-9-17-33)38(52-42)30-48-26-32-14-6-2-7-15-32/h2-25,38-41,43H,26-31H2,1H3/t38-,39-,40+,41-,42+/m1/s1. The zero-order valence-corrected chi connectivity index (χ0v) is 30.3. The van der Waals surface area contributed by atoms with Crippen molar-refractivity contribution < 1.29 is 36.8 Å². The number of hydrogen-bond donors (Lipinski definition) is 1. The third kappa shape index (κ3) is 8.97. The number of nitrogens with zero attached hydrogens (tertiary/aromatic N) is 1. The van der Waals surface area contributed by atoms with Crippen molar-refractivity contribution in [2.45, 2.75) is 56.6 Å². The summed E-state index contributed by atoms with van der Waals surface area (Å²) >= 11 is 0. The van der Waals surface area contributed by atoms with Gasteiger partial charge in [0.25, 0.3) is 0 Å². The van der Waals surface area contributed by atoms with Gasteiger partial charge in [0.05, 0.1) is 52.4 Å². The second-order valence-corrected chi connectivity index (χ2v) is 14.7. The zero-order chi connectivity index (χ0) is 36.5. The minimum absolute atomic E-state index is 0.0942. The molecule has 5 aromatic rings. The van der Waals surface area contributed by atoms with E-state index in [4.69, 9.17) is 28.4 Å². The summed E-state index contributed by atoms with van der Waals surface area (Å²) < 4.78 is 71.5. The van der Waals surface area contributed by atoms with E-state index < -0.39 is 40.4 Å². The van der Waals surface area contributed by atoms with Crippen molar-refractivity contribution in [3.8, 4) is 5.75 Å². The lowest BCUT2D eigenvalue weighted by molar-refractivity contribution is -0.306. The first kappa shape index (κ1) is 36.8. The third-order valence-electron chi connectivity index (χ3n) is 9.38. The van der Waals surface area contributed by atoms with Crippen molar-refractivity contribution >= 4 is 15.9 Å². The Morgan fingerprint density at radius 3 is 1.62 bits per heavy atom. The van der Waals surface area contributed by atoms with Crippen LogP contribution in [-0.2, 0) is 60.3 Å². The van der Waals surface area contributed by atoms with E-state index in [2.05, 4.69) is 4.72 Å². The van der Waals surface area contributed by atoms with Crippen molar-refractivity contribution in [3.05, 3.63) is 168 Å². The van der Waals surface area contributed by atoms with Gasteiger partial charge in [0.2, 0.25) is 0 Å². The second-order valence-electron chi connectivity index (χ2n) is 13.1. The maximum atomic E-state index is 14.1. The first-order chi connectivity index (χ1) is 25.9. The number of methoxy groups -OCH3 is 1. The van der Waals surface area contributed by atoms with Gasteiger partial charge >= 0.3 is 10.2 Å². The van der Waals surface area contributed by atoms with Crippen LogP contribution in [0.3, 0.4) is 0 Å². The van der Waals surface area contributed by atoms with Crippen molar-refractivity contribution in [1.82, 2.24) is 4.72 Å². The molecule has 2 aliphatic rings. The van der Waals surface area contributed by atoms with Gasteiger partial charge in [0, 0.05) is 0 Å². The molecule has 2 heterocycles. The Hall–Kier alpha value is -4.59. The molecule has 0 aromatic heterocycles. The van der Waals surface area contributed by atoms with E-state index in [1.807, 2.05) is 121 Å². The number of rotatable bonds is 15. The van der Waals surface area contributed by atoms with Gasteiger partial charge < -0.3 is 28.4 Å². The Morgan fingerprint density at radius 2 is 1.11 bits per heavy atom. The van der Waals surface area contributed by atoms with Gasteiger partial charge in [-0.05, 0) is 46.5 Å². The van der Waals surface area contributed by atoms with Gasteiger partial charge in [0.1, 0.15) is 30.2 Å². The molecule has 1 spiro atoms. The van der Waals surface area contributed by atoms with Crippen LogP contribution in [0.15, 0.2) is 146 Å². The normalized spacial score (nSPS) is 23.6. The number of ether oxygens (including phenoxy) is 6. The second kappa shape index (κ2) is 17.0. The molecule has 0 saturated carbocycles. The van der Waals surface area contributed by atoms with Gasteiger partial charge in [-0.15, -0.1) is 0 Å². The van der Waals surface area contributed by atoms with Gasteiger partial charge in [-0.2, -0.15) is 13.1 Å². The summed E-state index contributed by atoms with van der Waals surface area (Å²) in [5, 5.41) is 0. The number of nitrogens with one attached hydrogen (secondary N) is 1. The van der Waals surface area contributed by atoms with E-state index in [1.165, 1.54) is 4.31 Å². The third-order valence-corrected chi connectivity index (χ3v) is 10.9. The molecule has 7 rings (SSSR count). The fourth-order valence-corrected chi connectivity index (χ4v) is 8.29. The Bertz CT molecular complexity index is 1970. The molecular weight excluding hydrogens is 693 g/mol. The van der Waals surface area contributed by atoms with Crippen LogP contribution in [0, 0.1) is 0 Å². The summed E-state index contributed by atoms with van der Waals surface area (Å²) in [5.74, 6) is 0.606. The lowest BCUT2D eigenvalue weighted by Crippen LogP contribution is -2.71. The lowest BCUT2D eigenvalue weighted by atomic mass is 9.89. The molecule has 53 heavy (non-hydrogen) atoms. The first-order valence-electron chi connectivity index (χ1n) is 17.6. The van der Waals surface area contributed by atoms with Gasteiger partial charge in [-0.25, -0.2) is 0 Å². The SMILES string of the molecule is COc1ccc(N2C[C@]3(NS2(=O)=O)O[C@H](COCc2ccccc2)[C@@H](OCc2ccccc2)[C@H](OCc2ccccc2)[C@H]3OCc2ccccc2)cc1.